The van der Waals surface area contributed by atoms with Gasteiger partial charge in [-0.3, -0.25) is 4.79 Å². The van der Waals surface area contributed by atoms with E-state index in [1.807, 2.05) is 53.7 Å². The Hall–Kier alpha value is -0.970. The fourth-order valence-corrected chi connectivity index (χ4v) is 8.68. The van der Waals surface area contributed by atoms with E-state index >= 15 is 0 Å². The number of carbonyl (C=O) groups is 1. The van der Waals surface area contributed by atoms with Gasteiger partial charge in [-0.05, 0) is 94.8 Å². The first kappa shape index (κ1) is 44.4. The fourth-order valence-electron chi connectivity index (χ4n) is 8.68. The molecule has 3 aliphatic heterocycles. The van der Waals surface area contributed by atoms with Crippen molar-refractivity contribution in [1.82, 2.24) is 9.80 Å². The predicted molar refractivity (Wildman–Crippen MR) is 193 cm³/mol. The first-order valence-electron chi connectivity index (χ1n) is 19.0. The van der Waals surface area contributed by atoms with Gasteiger partial charge in [-0.15, -0.1) is 0 Å². The minimum atomic E-state index is -1.77. The van der Waals surface area contributed by atoms with Crippen LogP contribution in [0.2, 0.25) is 0 Å². The van der Waals surface area contributed by atoms with Crippen molar-refractivity contribution in [2.45, 2.75) is 186 Å². The van der Waals surface area contributed by atoms with Crippen LogP contribution in [0.4, 0.5) is 0 Å². The highest BCUT2D eigenvalue weighted by Crippen LogP contribution is 2.40. The van der Waals surface area contributed by atoms with Crippen molar-refractivity contribution in [3.63, 3.8) is 0 Å². The lowest BCUT2D eigenvalue weighted by atomic mass is 9.77. The van der Waals surface area contributed by atoms with E-state index in [2.05, 4.69) is 4.90 Å². The number of methoxy groups -OCH3 is 1. The van der Waals surface area contributed by atoms with Gasteiger partial charge in [0.05, 0.1) is 41.5 Å². The maximum absolute atomic E-state index is 14.2. The summed E-state index contributed by atoms with van der Waals surface area (Å²) in [5.41, 5.74) is -4.18. The molecule has 0 unspecified atom stereocenters. The van der Waals surface area contributed by atoms with Crippen LogP contribution in [0, 0.1) is 17.8 Å². The number of carbonyl (C=O) groups excluding carboxylic acids is 1. The summed E-state index contributed by atoms with van der Waals surface area (Å²) < 4.78 is 37.9. The van der Waals surface area contributed by atoms with Crippen molar-refractivity contribution < 1.29 is 53.6 Å². The topological polar surface area (TPSA) is 160 Å². The number of esters is 1. The normalized spacial score (nSPS) is 48.9. The second-order valence-corrected chi connectivity index (χ2v) is 17.1. The highest BCUT2D eigenvalue weighted by Gasteiger charge is 2.52. The Bertz CT molecular complexity index is 1110. The van der Waals surface area contributed by atoms with Gasteiger partial charge in [0.15, 0.2) is 12.6 Å². The number of likely N-dealkylation sites (N-methyl/N-ethyl adjacent to an activating group) is 1. The van der Waals surface area contributed by atoms with Gasteiger partial charge in [-0.1, -0.05) is 20.8 Å². The van der Waals surface area contributed by atoms with Gasteiger partial charge in [0.25, 0.3) is 0 Å². The molecule has 0 aromatic rings. The highest BCUT2D eigenvalue weighted by molar-refractivity contribution is 5.73. The summed E-state index contributed by atoms with van der Waals surface area (Å²) in [7, 11) is 7.47. The summed E-state index contributed by atoms with van der Waals surface area (Å²) in [4.78, 5) is 18.3. The van der Waals surface area contributed by atoms with E-state index in [0.29, 0.717) is 19.4 Å². The molecule has 13 nitrogen and oxygen atoms in total. The quantitative estimate of drug-likeness (QED) is 0.284. The van der Waals surface area contributed by atoms with Gasteiger partial charge in [0.2, 0.25) is 0 Å². The Labute approximate surface area is 307 Å². The molecule has 17 atom stereocenters. The lowest BCUT2D eigenvalue weighted by Crippen LogP contribution is -2.59. The molecule has 0 spiro atoms. The minimum Gasteiger partial charge on any atom is -0.459 e. The van der Waals surface area contributed by atoms with Crippen LogP contribution in [0.3, 0.4) is 0 Å². The molecule has 51 heavy (non-hydrogen) atoms. The van der Waals surface area contributed by atoms with E-state index in [9.17, 15) is 25.2 Å². The Morgan fingerprint density at radius 2 is 1.55 bits per heavy atom. The number of ether oxygens (including phenoxy) is 6. The molecule has 0 aromatic heterocycles. The number of hydrogen-bond acceptors (Lipinski definition) is 13. The van der Waals surface area contributed by atoms with Crippen LogP contribution in [-0.4, -0.2) is 155 Å². The lowest BCUT2D eigenvalue weighted by Gasteiger charge is -2.48. The maximum Gasteiger partial charge on any atom is 0.311 e. The van der Waals surface area contributed by atoms with E-state index in [-0.39, 0.29) is 30.9 Å². The van der Waals surface area contributed by atoms with Crippen molar-refractivity contribution >= 4 is 5.97 Å². The Morgan fingerprint density at radius 3 is 2.12 bits per heavy atom. The monoisotopic (exact) mass is 733 g/mol. The molecule has 3 aliphatic rings. The van der Waals surface area contributed by atoms with E-state index in [1.54, 1.807) is 34.6 Å². The minimum absolute atomic E-state index is 0.0724. The number of aliphatic hydroxyl groups excluding tert-OH is 2. The van der Waals surface area contributed by atoms with Crippen LogP contribution in [0.1, 0.15) is 101 Å². The van der Waals surface area contributed by atoms with Crippen LogP contribution in [0.25, 0.3) is 0 Å². The summed E-state index contributed by atoms with van der Waals surface area (Å²) in [6, 6.07) is -0.294. The summed E-state index contributed by atoms with van der Waals surface area (Å²) >= 11 is 0. The first-order chi connectivity index (χ1) is 23.5. The molecule has 300 valence electrons. The maximum atomic E-state index is 14.2. The van der Waals surface area contributed by atoms with Gasteiger partial charge >= 0.3 is 5.97 Å². The number of rotatable bonds is 7. The molecule has 0 aliphatic carbocycles. The summed E-state index contributed by atoms with van der Waals surface area (Å²) in [5.74, 6) is -2.27. The molecule has 0 aromatic carbocycles. The van der Waals surface area contributed by atoms with Crippen molar-refractivity contribution in [1.29, 1.82) is 0 Å². The number of aliphatic hydroxyl groups is 4. The molecule has 0 bridgehead atoms. The average molecular weight is 733 g/mol. The average Bonchev–Trinajstić information content (AvgIpc) is 3.04. The Kier molecular flexibility index (Phi) is 15.4. The number of nitrogens with zero attached hydrogens (tertiary/aromatic N) is 2. The molecular formula is C38H72N2O11. The van der Waals surface area contributed by atoms with Crippen molar-refractivity contribution in [3.8, 4) is 0 Å². The van der Waals surface area contributed by atoms with Crippen molar-refractivity contribution in [2.24, 2.45) is 17.8 Å². The van der Waals surface area contributed by atoms with Crippen molar-refractivity contribution in [2.75, 3.05) is 34.8 Å². The molecule has 3 fully saturated rings. The number of hydrogen-bond donors (Lipinski definition) is 4. The molecule has 13 heteroatoms. The van der Waals surface area contributed by atoms with Gasteiger partial charge in [0.1, 0.15) is 23.9 Å². The molecule has 0 radical (unpaired) electrons. The molecule has 4 N–H and O–H groups in total. The highest BCUT2D eigenvalue weighted by atomic mass is 16.7. The molecule has 0 amide bonds. The largest absolute Gasteiger partial charge is 0.459 e. The summed E-state index contributed by atoms with van der Waals surface area (Å²) in [6.45, 7) is 18.6. The van der Waals surface area contributed by atoms with E-state index in [1.165, 1.54) is 14.0 Å². The predicted octanol–water partition coefficient (Wildman–Crippen LogP) is 2.93. The molecule has 3 heterocycles. The lowest BCUT2D eigenvalue weighted by molar-refractivity contribution is -0.308. The van der Waals surface area contributed by atoms with E-state index in [0.717, 1.165) is 6.42 Å². The molecule has 0 saturated carbocycles. The summed E-state index contributed by atoms with van der Waals surface area (Å²) in [6.07, 6.45) is -5.02. The van der Waals surface area contributed by atoms with Crippen LogP contribution >= 0.6 is 0 Å². The Balaban J connectivity index is 2.15. The second-order valence-electron chi connectivity index (χ2n) is 17.1. The SMILES string of the molecule is CC[C@H]1OC(=O)[C@H](C)[C@@H](O[C@H]2C[C@@](C)(OC)[C@@H](O)[C@H](C)O2)[C@H](C)[C@@H](O[C@H]2C[C@H](N(C)C)C[C@@H](C)O2)[C@](C)(O)C[C@@H](C)CN(C)[C@H](C)[C@@H](O)[C@]1(C)O. The molecular weight excluding hydrogens is 660 g/mol. The van der Waals surface area contributed by atoms with Gasteiger partial charge < -0.3 is 58.6 Å². The zero-order valence-electron chi connectivity index (χ0n) is 33.9. The van der Waals surface area contributed by atoms with Crippen LogP contribution < -0.4 is 0 Å². The van der Waals surface area contributed by atoms with Crippen molar-refractivity contribution in [3.05, 3.63) is 0 Å². The third kappa shape index (κ3) is 10.4. The standard InChI is InChI=1S/C38H72N2O11/c1-15-28-38(10,45)32(41)25(6)40(13)20-21(2)18-36(8,44)34(51-29-17-27(39(11)12)16-22(3)47-29)23(4)31(24(5)35(43)49-28)50-30-19-37(9,46-14)33(42)26(7)48-30/h21-34,41-42,44-45H,15-20H2,1-14H3/t21-,22-,23+,24-,25-,26+,27-,28-,29+,30+,31+,32-,33+,34-,36-,37-,38-/m1/s1. The third-order valence-corrected chi connectivity index (χ3v) is 12.1. The Morgan fingerprint density at radius 1 is 0.922 bits per heavy atom. The zero-order chi connectivity index (χ0) is 38.8. The van der Waals surface area contributed by atoms with Crippen LogP contribution in [-0.2, 0) is 33.2 Å². The van der Waals surface area contributed by atoms with E-state index in [4.69, 9.17) is 28.4 Å². The third-order valence-electron chi connectivity index (χ3n) is 12.1. The van der Waals surface area contributed by atoms with Gasteiger partial charge in [-0.25, -0.2) is 0 Å². The molecule has 3 saturated heterocycles. The fraction of sp³-hybridized carbons (Fsp3) is 0.974. The second kappa shape index (κ2) is 17.7. The smallest absolute Gasteiger partial charge is 0.311 e. The zero-order valence-corrected chi connectivity index (χ0v) is 33.9. The van der Waals surface area contributed by atoms with Gasteiger partial charge in [-0.2, -0.15) is 0 Å². The first-order valence-corrected chi connectivity index (χ1v) is 19.0. The van der Waals surface area contributed by atoms with E-state index < -0.39 is 89.9 Å². The summed E-state index contributed by atoms with van der Waals surface area (Å²) in [5, 5.41) is 46.6. The molecule has 3 rings (SSSR count). The van der Waals surface area contributed by atoms with Crippen LogP contribution in [0.15, 0.2) is 0 Å². The van der Waals surface area contributed by atoms with Crippen LogP contribution in [0.5, 0.6) is 0 Å². The number of cyclic esters (lactones) is 1. The van der Waals surface area contributed by atoms with Gasteiger partial charge in [0, 0.05) is 44.5 Å².